The number of amides is 2. The summed E-state index contributed by atoms with van der Waals surface area (Å²) >= 11 is 1.36. The number of carbonyl (C=O) groups excluding carboxylic acids is 2. The van der Waals surface area contributed by atoms with Gasteiger partial charge in [0.05, 0.1) is 0 Å². The van der Waals surface area contributed by atoms with Crippen molar-refractivity contribution in [3.63, 3.8) is 0 Å². The Bertz CT molecular complexity index is 718. The van der Waals surface area contributed by atoms with E-state index in [1.165, 1.54) is 11.3 Å². The van der Waals surface area contributed by atoms with Crippen LogP contribution in [0.1, 0.15) is 40.8 Å². The highest BCUT2D eigenvalue weighted by Gasteiger charge is 2.13. The SMILES string of the molecule is CCCC(=O)Nc1cccc(NC(=O)c2csc(CN)n2)c1C.Cl. The second-order valence-corrected chi connectivity index (χ2v) is 6.00. The molecule has 0 fully saturated rings. The average Bonchev–Trinajstić information content (AvgIpc) is 3.00. The smallest absolute Gasteiger partial charge is 0.275 e. The van der Waals surface area contributed by atoms with Crippen LogP contribution >= 0.6 is 23.7 Å². The largest absolute Gasteiger partial charge is 0.326 e. The molecule has 2 rings (SSSR count). The number of aromatic nitrogens is 1. The highest BCUT2D eigenvalue weighted by atomic mass is 35.5. The van der Waals surface area contributed by atoms with E-state index in [9.17, 15) is 9.59 Å². The number of anilines is 2. The minimum atomic E-state index is -0.291. The molecule has 1 aromatic carbocycles. The number of nitrogens with zero attached hydrogens (tertiary/aromatic N) is 1. The van der Waals surface area contributed by atoms with E-state index in [0.29, 0.717) is 35.0 Å². The quantitative estimate of drug-likeness (QED) is 0.728. The van der Waals surface area contributed by atoms with Gasteiger partial charge in [0, 0.05) is 29.7 Å². The molecule has 0 aliphatic heterocycles. The molecule has 0 aliphatic rings. The van der Waals surface area contributed by atoms with E-state index in [4.69, 9.17) is 5.73 Å². The number of thiazole rings is 1. The standard InChI is InChI=1S/C16H20N4O2S.ClH/c1-3-5-14(21)18-11-6-4-7-12(10(11)2)20-16(22)13-9-23-15(8-17)19-13;/h4,6-7,9H,3,5,8,17H2,1-2H3,(H,18,21)(H,20,22);1H. The minimum absolute atomic E-state index is 0. The molecule has 6 nitrogen and oxygen atoms in total. The van der Waals surface area contributed by atoms with E-state index in [2.05, 4.69) is 15.6 Å². The summed E-state index contributed by atoms with van der Waals surface area (Å²) < 4.78 is 0. The number of nitrogens with one attached hydrogen (secondary N) is 2. The molecule has 0 atom stereocenters. The van der Waals surface area contributed by atoms with Gasteiger partial charge in [-0.3, -0.25) is 9.59 Å². The minimum Gasteiger partial charge on any atom is -0.326 e. The molecule has 0 aliphatic carbocycles. The van der Waals surface area contributed by atoms with Crippen LogP contribution in [-0.4, -0.2) is 16.8 Å². The molecule has 1 heterocycles. The molecule has 0 unspecified atom stereocenters. The fraction of sp³-hybridized carbons (Fsp3) is 0.312. The zero-order valence-electron chi connectivity index (χ0n) is 13.6. The van der Waals surface area contributed by atoms with Gasteiger partial charge in [-0.05, 0) is 31.0 Å². The van der Waals surface area contributed by atoms with Crippen LogP contribution in [-0.2, 0) is 11.3 Å². The van der Waals surface area contributed by atoms with Gasteiger partial charge in [-0.2, -0.15) is 0 Å². The molecule has 8 heteroatoms. The van der Waals surface area contributed by atoms with Crippen molar-refractivity contribution in [2.45, 2.75) is 33.2 Å². The van der Waals surface area contributed by atoms with Crippen molar-refractivity contribution in [1.29, 1.82) is 0 Å². The molecule has 4 N–H and O–H groups in total. The van der Waals surface area contributed by atoms with Gasteiger partial charge in [0.25, 0.3) is 5.91 Å². The molecule has 0 bridgehead atoms. The molecule has 2 aromatic rings. The fourth-order valence-electron chi connectivity index (χ4n) is 2.04. The Kier molecular flexibility index (Phi) is 7.84. The molecular formula is C16H21ClN4O2S. The molecular weight excluding hydrogens is 348 g/mol. The fourth-order valence-corrected chi connectivity index (χ4v) is 2.70. The monoisotopic (exact) mass is 368 g/mol. The van der Waals surface area contributed by atoms with E-state index in [0.717, 1.165) is 12.0 Å². The number of carbonyl (C=O) groups is 2. The molecule has 24 heavy (non-hydrogen) atoms. The van der Waals surface area contributed by atoms with Crippen molar-refractivity contribution in [2.75, 3.05) is 10.6 Å². The first-order valence-corrected chi connectivity index (χ1v) is 8.28. The summed E-state index contributed by atoms with van der Waals surface area (Å²) in [7, 11) is 0. The van der Waals surface area contributed by atoms with Crippen molar-refractivity contribution < 1.29 is 9.59 Å². The van der Waals surface area contributed by atoms with E-state index in [1.54, 1.807) is 17.5 Å². The second-order valence-electron chi connectivity index (χ2n) is 5.06. The van der Waals surface area contributed by atoms with Crippen LogP contribution in [0.25, 0.3) is 0 Å². The van der Waals surface area contributed by atoms with Gasteiger partial charge >= 0.3 is 0 Å². The molecule has 0 spiro atoms. The lowest BCUT2D eigenvalue weighted by atomic mass is 10.1. The summed E-state index contributed by atoms with van der Waals surface area (Å²) in [6.07, 6.45) is 1.26. The normalized spacial score (nSPS) is 9.96. The topological polar surface area (TPSA) is 97.1 Å². The maximum atomic E-state index is 12.2. The molecule has 1 aromatic heterocycles. The van der Waals surface area contributed by atoms with Gasteiger partial charge in [0.2, 0.25) is 5.91 Å². The number of hydrogen-bond donors (Lipinski definition) is 3. The molecule has 130 valence electrons. The van der Waals surface area contributed by atoms with Gasteiger partial charge in [-0.1, -0.05) is 13.0 Å². The van der Waals surface area contributed by atoms with Crippen LogP contribution in [0.4, 0.5) is 11.4 Å². The van der Waals surface area contributed by atoms with Gasteiger partial charge < -0.3 is 16.4 Å². The predicted octanol–water partition coefficient (Wildman–Crippen LogP) is 3.32. The predicted molar refractivity (Wildman–Crippen MR) is 99.9 cm³/mol. The Hall–Kier alpha value is -1.96. The van der Waals surface area contributed by atoms with Crippen LogP contribution in [0, 0.1) is 6.92 Å². The van der Waals surface area contributed by atoms with Crippen molar-refractivity contribution in [3.8, 4) is 0 Å². The van der Waals surface area contributed by atoms with E-state index >= 15 is 0 Å². The van der Waals surface area contributed by atoms with Gasteiger partial charge in [0.15, 0.2) is 0 Å². The Morgan fingerprint density at radius 1 is 1.25 bits per heavy atom. The first-order chi connectivity index (χ1) is 11.0. The van der Waals surface area contributed by atoms with Crippen LogP contribution < -0.4 is 16.4 Å². The van der Waals surface area contributed by atoms with Gasteiger partial charge in [-0.15, -0.1) is 23.7 Å². The van der Waals surface area contributed by atoms with Crippen LogP contribution in [0.3, 0.4) is 0 Å². The van der Waals surface area contributed by atoms with Crippen molar-refractivity contribution in [1.82, 2.24) is 4.98 Å². The zero-order valence-corrected chi connectivity index (χ0v) is 15.2. The lowest BCUT2D eigenvalue weighted by Gasteiger charge is -2.13. The lowest BCUT2D eigenvalue weighted by Crippen LogP contribution is -2.15. The zero-order chi connectivity index (χ0) is 16.8. The van der Waals surface area contributed by atoms with Gasteiger partial charge in [0.1, 0.15) is 10.7 Å². The first-order valence-electron chi connectivity index (χ1n) is 7.40. The number of hydrogen-bond acceptors (Lipinski definition) is 5. The molecule has 0 saturated carbocycles. The number of rotatable bonds is 6. The molecule has 0 saturated heterocycles. The number of benzene rings is 1. The maximum absolute atomic E-state index is 12.2. The van der Waals surface area contributed by atoms with Crippen molar-refractivity contribution in [3.05, 3.63) is 39.8 Å². The highest BCUT2D eigenvalue weighted by Crippen LogP contribution is 2.24. The van der Waals surface area contributed by atoms with Gasteiger partial charge in [-0.25, -0.2) is 4.98 Å². The Morgan fingerprint density at radius 3 is 2.50 bits per heavy atom. The van der Waals surface area contributed by atoms with Crippen LogP contribution in [0.5, 0.6) is 0 Å². The van der Waals surface area contributed by atoms with E-state index in [1.807, 2.05) is 19.9 Å². The van der Waals surface area contributed by atoms with Crippen molar-refractivity contribution in [2.24, 2.45) is 5.73 Å². The highest BCUT2D eigenvalue weighted by molar-refractivity contribution is 7.09. The van der Waals surface area contributed by atoms with Crippen molar-refractivity contribution >= 4 is 46.9 Å². The summed E-state index contributed by atoms with van der Waals surface area (Å²) in [6, 6.07) is 5.39. The number of halogens is 1. The third kappa shape index (κ3) is 5.02. The Morgan fingerprint density at radius 2 is 1.92 bits per heavy atom. The molecule has 2 amide bonds. The average molecular weight is 369 g/mol. The third-order valence-electron chi connectivity index (χ3n) is 3.29. The third-order valence-corrected chi connectivity index (χ3v) is 4.16. The van der Waals surface area contributed by atoms with Crippen LogP contribution in [0.2, 0.25) is 0 Å². The Balaban J connectivity index is 0.00000288. The maximum Gasteiger partial charge on any atom is 0.275 e. The summed E-state index contributed by atoms with van der Waals surface area (Å²) in [5, 5.41) is 8.08. The summed E-state index contributed by atoms with van der Waals surface area (Å²) in [4.78, 5) is 28.1. The second kappa shape index (κ2) is 9.36. The summed E-state index contributed by atoms with van der Waals surface area (Å²) in [5.74, 6) is -0.327. The lowest BCUT2D eigenvalue weighted by molar-refractivity contribution is -0.116. The Labute approximate surface area is 151 Å². The van der Waals surface area contributed by atoms with Crippen LogP contribution in [0.15, 0.2) is 23.6 Å². The number of nitrogens with two attached hydrogens (primary N) is 1. The summed E-state index contributed by atoms with van der Waals surface area (Å²) in [6.45, 7) is 4.12. The summed E-state index contributed by atoms with van der Waals surface area (Å²) in [5.41, 5.74) is 8.00. The van der Waals surface area contributed by atoms with E-state index in [-0.39, 0.29) is 24.2 Å². The first kappa shape index (κ1) is 20.1. The molecule has 0 radical (unpaired) electrons. The van der Waals surface area contributed by atoms with E-state index < -0.39 is 0 Å².